The zero-order valence-electron chi connectivity index (χ0n) is 13.8. The molecule has 0 heterocycles. The van der Waals surface area contributed by atoms with Crippen molar-refractivity contribution in [2.45, 2.75) is 38.7 Å². The smallest absolute Gasteiger partial charge is 0.125 e. The number of hydrogen-bond donors (Lipinski definition) is 1. The summed E-state index contributed by atoms with van der Waals surface area (Å²) >= 11 is 0. The molecule has 3 heteroatoms. The van der Waals surface area contributed by atoms with Crippen LogP contribution in [0, 0.1) is 0 Å². The van der Waals surface area contributed by atoms with Crippen LogP contribution in [0.1, 0.15) is 35.1 Å². The summed E-state index contributed by atoms with van der Waals surface area (Å²) in [5.41, 5.74) is 10.9. The number of rotatable bonds is 7. The summed E-state index contributed by atoms with van der Waals surface area (Å²) in [6, 6.07) is 12.8. The highest BCUT2D eigenvalue weighted by Gasteiger charge is 2.12. The van der Waals surface area contributed by atoms with Crippen LogP contribution in [0.5, 0.6) is 11.5 Å². The molecule has 0 unspecified atom stereocenters. The van der Waals surface area contributed by atoms with Crippen LogP contribution in [0.4, 0.5) is 0 Å². The molecule has 0 atom stereocenters. The minimum absolute atomic E-state index is 0.526. The lowest BCUT2D eigenvalue weighted by Gasteiger charge is -2.13. The molecule has 0 saturated heterocycles. The van der Waals surface area contributed by atoms with Crippen LogP contribution in [-0.4, -0.2) is 13.7 Å². The highest BCUT2D eigenvalue weighted by Crippen LogP contribution is 2.27. The van der Waals surface area contributed by atoms with E-state index in [1.807, 2.05) is 6.07 Å². The fourth-order valence-electron chi connectivity index (χ4n) is 3.21. The summed E-state index contributed by atoms with van der Waals surface area (Å²) in [6.07, 6.45) is 5.62. The molecule has 0 aliphatic heterocycles. The van der Waals surface area contributed by atoms with Crippen molar-refractivity contribution in [3.05, 3.63) is 58.7 Å². The Hall–Kier alpha value is -2.00. The second-order valence-electron chi connectivity index (χ2n) is 6.11. The number of aryl methyl sites for hydroxylation is 3. The molecule has 122 valence electrons. The van der Waals surface area contributed by atoms with Crippen molar-refractivity contribution in [2.24, 2.45) is 5.73 Å². The van der Waals surface area contributed by atoms with Gasteiger partial charge in [0.1, 0.15) is 18.1 Å². The molecule has 0 radical (unpaired) electrons. The molecule has 0 saturated carbocycles. The van der Waals surface area contributed by atoms with Crippen molar-refractivity contribution >= 4 is 0 Å². The summed E-state index contributed by atoms with van der Waals surface area (Å²) in [4.78, 5) is 0. The molecule has 3 nitrogen and oxygen atoms in total. The average Bonchev–Trinajstić information content (AvgIpc) is 3.05. The number of methoxy groups -OCH3 is 1. The monoisotopic (exact) mass is 311 g/mol. The van der Waals surface area contributed by atoms with Gasteiger partial charge in [-0.2, -0.15) is 0 Å². The van der Waals surface area contributed by atoms with Gasteiger partial charge in [0.25, 0.3) is 0 Å². The molecular weight excluding hydrogens is 286 g/mol. The van der Waals surface area contributed by atoms with Gasteiger partial charge in [0.2, 0.25) is 0 Å². The Labute approximate surface area is 138 Å². The fraction of sp³-hybridized carbons (Fsp3) is 0.400. The van der Waals surface area contributed by atoms with Gasteiger partial charge < -0.3 is 15.2 Å². The van der Waals surface area contributed by atoms with Crippen LogP contribution in [0.3, 0.4) is 0 Å². The first kappa shape index (κ1) is 15.9. The van der Waals surface area contributed by atoms with E-state index in [4.69, 9.17) is 15.2 Å². The average molecular weight is 311 g/mol. The lowest BCUT2D eigenvalue weighted by Crippen LogP contribution is -2.03. The van der Waals surface area contributed by atoms with E-state index in [9.17, 15) is 0 Å². The number of nitrogens with two attached hydrogens (primary N) is 1. The number of hydrogen-bond acceptors (Lipinski definition) is 3. The molecule has 2 aromatic rings. The van der Waals surface area contributed by atoms with Gasteiger partial charge in [-0.1, -0.05) is 12.1 Å². The van der Waals surface area contributed by atoms with Crippen molar-refractivity contribution in [2.75, 3.05) is 13.7 Å². The quantitative estimate of drug-likeness (QED) is 0.849. The molecule has 1 aliphatic rings. The maximum atomic E-state index is 6.01. The summed E-state index contributed by atoms with van der Waals surface area (Å²) in [5.74, 6) is 1.82. The van der Waals surface area contributed by atoms with Crippen molar-refractivity contribution in [1.29, 1.82) is 0 Å². The minimum Gasteiger partial charge on any atom is -0.496 e. The van der Waals surface area contributed by atoms with Gasteiger partial charge in [0.05, 0.1) is 7.11 Å². The molecule has 2 N–H and O–H groups in total. The summed E-state index contributed by atoms with van der Waals surface area (Å²) in [7, 11) is 1.70. The van der Waals surface area contributed by atoms with Gasteiger partial charge >= 0.3 is 0 Å². The molecule has 0 spiro atoms. The predicted octanol–water partition coefficient (Wildman–Crippen LogP) is 3.65. The Bertz CT molecular complexity index is 667. The Morgan fingerprint density at radius 3 is 2.74 bits per heavy atom. The van der Waals surface area contributed by atoms with E-state index in [0.29, 0.717) is 13.2 Å². The first-order valence-electron chi connectivity index (χ1n) is 8.40. The zero-order valence-corrected chi connectivity index (χ0v) is 13.8. The molecule has 0 bridgehead atoms. The van der Waals surface area contributed by atoms with E-state index in [1.54, 1.807) is 7.11 Å². The third kappa shape index (κ3) is 3.85. The van der Waals surface area contributed by atoms with Gasteiger partial charge in [0, 0.05) is 5.56 Å². The first-order chi connectivity index (χ1) is 11.3. The third-order valence-electron chi connectivity index (χ3n) is 4.48. The van der Waals surface area contributed by atoms with Crippen LogP contribution < -0.4 is 15.2 Å². The molecule has 2 aromatic carbocycles. The molecule has 0 fully saturated rings. The normalized spacial score (nSPS) is 13.0. The lowest BCUT2D eigenvalue weighted by molar-refractivity contribution is 0.296. The van der Waals surface area contributed by atoms with Crippen molar-refractivity contribution in [3.8, 4) is 11.5 Å². The van der Waals surface area contributed by atoms with Gasteiger partial charge in [-0.25, -0.2) is 0 Å². The van der Waals surface area contributed by atoms with E-state index in [2.05, 4.69) is 30.3 Å². The van der Waals surface area contributed by atoms with E-state index >= 15 is 0 Å². The Balaban J connectivity index is 1.71. The molecule has 23 heavy (non-hydrogen) atoms. The second-order valence-corrected chi connectivity index (χ2v) is 6.11. The Morgan fingerprint density at radius 2 is 1.91 bits per heavy atom. The van der Waals surface area contributed by atoms with Crippen molar-refractivity contribution in [1.82, 2.24) is 0 Å². The molecule has 1 aliphatic carbocycles. The highest BCUT2D eigenvalue weighted by molar-refractivity contribution is 5.40. The van der Waals surface area contributed by atoms with Gasteiger partial charge in [-0.15, -0.1) is 0 Å². The van der Waals surface area contributed by atoms with E-state index in [0.717, 1.165) is 29.9 Å². The van der Waals surface area contributed by atoms with Crippen LogP contribution in [0.15, 0.2) is 36.4 Å². The van der Waals surface area contributed by atoms with Crippen molar-refractivity contribution in [3.63, 3.8) is 0 Å². The maximum Gasteiger partial charge on any atom is 0.125 e. The van der Waals surface area contributed by atoms with Gasteiger partial charge in [0.15, 0.2) is 0 Å². The topological polar surface area (TPSA) is 44.5 Å². The van der Waals surface area contributed by atoms with Gasteiger partial charge in [-0.3, -0.25) is 0 Å². The van der Waals surface area contributed by atoms with Crippen LogP contribution in [0.2, 0.25) is 0 Å². The van der Waals surface area contributed by atoms with Crippen LogP contribution in [0.25, 0.3) is 0 Å². The molecule has 0 amide bonds. The van der Waals surface area contributed by atoms with E-state index < -0.39 is 0 Å². The molecule has 3 rings (SSSR count). The number of benzene rings is 2. The second kappa shape index (κ2) is 7.51. The van der Waals surface area contributed by atoms with Crippen LogP contribution in [-0.2, 0) is 25.9 Å². The largest absolute Gasteiger partial charge is 0.496 e. The van der Waals surface area contributed by atoms with E-state index in [-0.39, 0.29) is 0 Å². The number of fused-ring (bicyclic) bond motifs is 1. The predicted molar refractivity (Wildman–Crippen MR) is 93.2 cm³/mol. The first-order valence-corrected chi connectivity index (χ1v) is 8.40. The fourth-order valence-corrected chi connectivity index (χ4v) is 3.21. The Morgan fingerprint density at radius 1 is 1.04 bits per heavy atom. The summed E-state index contributed by atoms with van der Waals surface area (Å²) < 4.78 is 11.5. The summed E-state index contributed by atoms with van der Waals surface area (Å²) in [5, 5.41) is 0. The summed E-state index contributed by atoms with van der Waals surface area (Å²) in [6.45, 7) is 1.24. The SMILES string of the molecule is COc1ccc(CCCN)cc1COc1ccc2c(c1)CCC2. The van der Waals surface area contributed by atoms with E-state index in [1.165, 1.54) is 36.0 Å². The lowest BCUT2D eigenvalue weighted by atomic mass is 10.1. The van der Waals surface area contributed by atoms with Crippen molar-refractivity contribution < 1.29 is 9.47 Å². The Kier molecular flexibility index (Phi) is 5.19. The van der Waals surface area contributed by atoms with Gasteiger partial charge in [-0.05, 0) is 79.6 Å². The third-order valence-corrected chi connectivity index (χ3v) is 4.48. The minimum atomic E-state index is 0.526. The number of ether oxygens (including phenoxy) is 2. The van der Waals surface area contributed by atoms with Crippen LogP contribution >= 0.6 is 0 Å². The maximum absolute atomic E-state index is 6.01. The standard InChI is InChI=1S/C20H25NO2/c1-22-20-10-7-15(4-3-11-21)12-18(20)14-23-19-9-8-16-5-2-6-17(16)13-19/h7-10,12-13H,2-6,11,14,21H2,1H3. The highest BCUT2D eigenvalue weighted by atomic mass is 16.5. The molecular formula is C20H25NO2. The zero-order chi connectivity index (χ0) is 16.1. The molecule has 0 aromatic heterocycles.